The Hall–Kier alpha value is -3.50. The summed E-state index contributed by atoms with van der Waals surface area (Å²) < 4.78 is 35.3. The van der Waals surface area contributed by atoms with Gasteiger partial charge in [-0.05, 0) is 88.8 Å². The van der Waals surface area contributed by atoms with Crippen LogP contribution in [0.15, 0.2) is 88.7 Å². The average Bonchev–Trinajstić information content (AvgIpc) is 2.98. The summed E-state index contributed by atoms with van der Waals surface area (Å²) in [7, 11) is -4.20. The number of thioether (sulfide) groups is 1. The third kappa shape index (κ3) is 9.24. The zero-order chi connectivity index (χ0) is 31.6. The largest absolute Gasteiger partial charge is 0.492 e. The molecule has 1 atom stereocenters. The molecule has 0 spiro atoms. The minimum atomic E-state index is -4.20. The van der Waals surface area contributed by atoms with Crippen molar-refractivity contribution in [3.05, 3.63) is 84.4 Å². The van der Waals surface area contributed by atoms with Crippen LogP contribution in [-0.2, 0) is 26.0 Å². The van der Waals surface area contributed by atoms with Crippen LogP contribution in [0, 0.1) is 0 Å². The summed E-state index contributed by atoms with van der Waals surface area (Å²) in [6.45, 7) is 9.36. The molecule has 10 heteroatoms. The van der Waals surface area contributed by atoms with Crippen molar-refractivity contribution in [3.8, 4) is 5.75 Å². The Bertz CT molecular complexity index is 1460. The molecule has 3 aromatic carbocycles. The molecule has 0 aliphatic heterocycles. The first-order chi connectivity index (χ1) is 20.4. The summed E-state index contributed by atoms with van der Waals surface area (Å²) in [5, 5.41) is 2.99. The lowest BCUT2D eigenvalue weighted by Crippen LogP contribution is -2.56. The molecule has 2 amide bonds. The van der Waals surface area contributed by atoms with E-state index in [2.05, 4.69) is 5.32 Å². The molecule has 0 aliphatic rings. The normalized spacial score (nSPS) is 12.3. The molecular formula is C33H43N3O5S2. The Balaban J connectivity index is 2.08. The van der Waals surface area contributed by atoms with Gasteiger partial charge in [0.1, 0.15) is 18.3 Å². The SMILES string of the molecule is CCOc1ccccc1N(CC(=O)N(CCc1ccccc1)[C@H](CC)C(=O)NC(C)(C)C)S(=O)(=O)c1ccc(SC)cc1. The molecule has 0 saturated carbocycles. The van der Waals surface area contributed by atoms with Crippen LogP contribution in [0.1, 0.15) is 46.6 Å². The molecule has 0 aliphatic carbocycles. The van der Waals surface area contributed by atoms with Gasteiger partial charge in [0.05, 0.1) is 17.2 Å². The van der Waals surface area contributed by atoms with Crippen molar-refractivity contribution in [1.82, 2.24) is 10.2 Å². The summed E-state index contributed by atoms with van der Waals surface area (Å²) in [4.78, 5) is 30.2. The fourth-order valence-electron chi connectivity index (χ4n) is 4.68. The van der Waals surface area contributed by atoms with Gasteiger partial charge in [0.2, 0.25) is 11.8 Å². The van der Waals surface area contributed by atoms with Gasteiger partial charge < -0.3 is 15.0 Å². The predicted molar refractivity (Wildman–Crippen MR) is 174 cm³/mol. The van der Waals surface area contributed by atoms with E-state index in [0.717, 1.165) is 14.8 Å². The number of rotatable bonds is 14. The topological polar surface area (TPSA) is 96.0 Å². The molecule has 0 saturated heterocycles. The van der Waals surface area contributed by atoms with E-state index >= 15 is 0 Å². The maximum Gasteiger partial charge on any atom is 0.264 e. The van der Waals surface area contributed by atoms with E-state index in [9.17, 15) is 18.0 Å². The molecular weight excluding hydrogens is 583 g/mol. The average molecular weight is 626 g/mol. The zero-order valence-corrected chi connectivity index (χ0v) is 27.5. The number of sulfonamides is 1. The Labute approximate surface area is 260 Å². The third-order valence-corrected chi connectivity index (χ3v) is 9.25. The van der Waals surface area contributed by atoms with Crippen molar-refractivity contribution in [1.29, 1.82) is 0 Å². The first-order valence-corrected chi connectivity index (χ1v) is 17.1. The van der Waals surface area contributed by atoms with Crippen LogP contribution in [0.2, 0.25) is 0 Å². The number of hydrogen-bond acceptors (Lipinski definition) is 6. The quantitative estimate of drug-likeness (QED) is 0.229. The maximum absolute atomic E-state index is 14.3. The number of ether oxygens (including phenoxy) is 1. The highest BCUT2D eigenvalue weighted by Gasteiger charge is 2.35. The number of amides is 2. The maximum atomic E-state index is 14.3. The summed E-state index contributed by atoms with van der Waals surface area (Å²) in [6.07, 6.45) is 2.78. The Morgan fingerprint density at radius 3 is 2.14 bits per heavy atom. The lowest BCUT2D eigenvalue weighted by atomic mass is 10.1. The van der Waals surface area contributed by atoms with Crippen LogP contribution in [0.3, 0.4) is 0 Å². The Kier molecular flexibility index (Phi) is 12.1. The highest BCUT2D eigenvalue weighted by atomic mass is 32.2. The second-order valence-corrected chi connectivity index (χ2v) is 13.8. The summed E-state index contributed by atoms with van der Waals surface area (Å²) in [5.74, 6) is -0.425. The van der Waals surface area contributed by atoms with Gasteiger partial charge in [0, 0.05) is 17.0 Å². The van der Waals surface area contributed by atoms with Crippen LogP contribution >= 0.6 is 11.8 Å². The zero-order valence-electron chi connectivity index (χ0n) is 25.9. The molecule has 0 radical (unpaired) electrons. The molecule has 8 nitrogen and oxygen atoms in total. The molecule has 3 rings (SSSR count). The van der Waals surface area contributed by atoms with Crippen LogP contribution in [-0.4, -0.2) is 62.7 Å². The predicted octanol–water partition coefficient (Wildman–Crippen LogP) is 5.77. The summed E-state index contributed by atoms with van der Waals surface area (Å²) in [5.41, 5.74) is 0.751. The fourth-order valence-corrected chi connectivity index (χ4v) is 6.51. The van der Waals surface area contributed by atoms with Gasteiger partial charge in [-0.1, -0.05) is 49.4 Å². The van der Waals surface area contributed by atoms with Gasteiger partial charge in [-0.2, -0.15) is 0 Å². The van der Waals surface area contributed by atoms with E-state index in [4.69, 9.17) is 4.74 Å². The standard InChI is InChI=1S/C33H43N3O5S2/c1-7-28(32(38)34-33(3,4)5)35(23-22-25-14-10-9-11-15-25)31(37)24-36(29-16-12-13-17-30(29)41-8-2)43(39,40)27-20-18-26(42-6)19-21-27/h9-21,28H,7-8,22-24H2,1-6H3,(H,34,38)/t28-/m1/s1. The van der Waals surface area contributed by atoms with Gasteiger partial charge in [-0.15, -0.1) is 11.8 Å². The smallest absolute Gasteiger partial charge is 0.264 e. The van der Waals surface area contributed by atoms with Crippen LogP contribution in [0.4, 0.5) is 5.69 Å². The number of nitrogens with one attached hydrogen (secondary N) is 1. The van der Waals surface area contributed by atoms with Crippen molar-refractivity contribution in [2.24, 2.45) is 0 Å². The number of anilines is 1. The molecule has 1 N–H and O–H groups in total. The monoisotopic (exact) mass is 625 g/mol. The van der Waals surface area contributed by atoms with Gasteiger partial charge in [0.25, 0.3) is 10.0 Å². The van der Waals surface area contributed by atoms with Gasteiger partial charge in [-0.3, -0.25) is 13.9 Å². The van der Waals surface area contributed by atoms with Gasteiger partial charge >= 0.3 is 0 Å². The minimum absolute atomic E-state index is 0.0535. The van der Waals surface area contributed by atoms with E-state index < -0.39 is 34.1 Å². The first-order valence-electron chi connectivity index (χ1n) is 14.4. The Morgan fingerprint density at radius 2 is 1.56 bits per heavy atom. The minimum Gasteiger partial charge on any atom is -0.492 e. The van der Waals surface area contributed by atoms with Crippen LogP contribution in [0.25, 0.3) is 0 Å². The molecule has 0 bridgehead atoms. The van der Waals surface area contributed by atoms with Crippen molar-refractivity contribution in [2.45, 2.75) is 68.8 Å². The lowest BCUT2D eigenvalue weighted by Gasteiger charge is -2.35. The molecule has 3 aromatic rings. The van der Waals surface area contributed by atoms with Crippen molar-refractivity contribution >= 4 is 39.3 Å². The second kappa shape index (κ2) is 15.3. The Morgan fingerprint density at radius 1 is 0.930 bits per heavy atom. The van der Waals surface area contributed by atoms with Crippen LogP contribution < -0.4 is 14.4 Å². The number of nitrogens with zero attached hydrogens (tertiary/aromatic N) is 2. The second-order valence-electron chi connectivity index (χ2n) is 11.1. The first kappa shape index (κ1) is 34.0. The van der Waals surface area contributed by atoms with Crippen molar-refractivity contribution in [3.63, 3.8) is 0 Å². The highest BCUT2D eigenvalue weighted by molar-refractivity contribution is 7.98. The fraction of sp³-hybridized carbons (Fsp3) is 0.394. The molecule has 0 unspecified atom stereocenters. The molecule has 43 heavy (non-hydrogen) atoms. The van der Waals surface area contributed by atoms with E-state index in [1.165, 1.54) is 16.7 Å². The molecule has 232 valence electrons. The van der Waals surface area contributed by atoms with Crippen molar-refractivity contribution in [2.75, 3.05) is 30.3 Å². The van der Waals surface area contributed by atoms with Gasteiger partial charge in [0.15, 0.2) is 0 Å². The number of para-hydroxylation sites is 2. The summed E-state index contributed by atoms with van der Waals surface area (Å²) >= 11 is 1.51. The summed E-state index contributed by atoms with van der Waals surface area (Å²) in [6, 6.07) is 22.2. The van der Waals surface area contributed by atoms with E-state index in [1.807, 2.05) is 71.2 Å². The third-order valence-electron chi connectivity index (χ3n) is 6.73. The molecule has 0 fully saturated rings. The number of benzene rings is 3. The van der Waals surface area contributed by atoms with E-state index in [1.54, 1.807) is 48.5 Å². The lowest BCUT2D eigenvalue weighted by molar-refractivity contribution is -0.140. The van der Waals surface area contributed by atoms with Crippen LogP contribution in [0.5, 0.6) is 5.75 Å². The number of carbonyl (C=O) groups excluding carboxylic acids is 2. The van der Waals surface area contributed by atoms with E-state index in [-0.39, 0.29) is 23.0 Å². The van der Waals surface area contributed by atoms with E-state index in [0.29, 0.717) is 25.2 Å². The van der Waals surface area contributed by atoms with Crippen molar-refractivity contribution < 1.29 is 22.7 Å². The highest BCUT2D eigenvalue weighted by Crippen LogP contribution is 2.33. The van der Waals surface area contributed by atoms with Gasteiger partial charge in [-0.25, -0.2) is 8.42 Å². The molecule has 0 aromatic heterocycles. The molecule has 0 heterocycles. The number of carbonyl (C=O) groups is 2. The number of hydrogen-bond donors (Lipinski definition) is 1.